The van der Waals surface area contributed by atoms with Gasteiger partial charge in [0.05, 0.1) is 25.0 Å². The van der Waals surface area contributed by atoms with Crippen LogP contribution in [0.25, 0.3) is 0 Å². The van der Waals surface area contributed by atoms with Gasteiger partial charge in [-0.05, 0) is 49.7 Å². The van der Waals surface area contributed by atoms with Crippen molar-refractivity contribution in [3.05, 3.63) is 53.6 Å². The molecule has 3 rings (SSSR count). The minimum absolute atomic E-state index is 0.0270. The van der Waals surface area contributed by atoms with Gasteiger partial charge < -0.3 is 20.1 Å². The zero-order valence-corrected chi connectivity index (χ0v) is 18.1. The van der Waals surface area contributed by atoms with E-state index in [0.717, 1.165) is 18.2 Å². The maximum Gasteiger partial charge on any atom is 0.416 e. The van der Waals surface area contributed by atoms with Crippen LogP contribution >= 0.6 is 0 Å². The average Bonchev–Trinajstić information content (AvgIpc) is 2.98. The predicted octanol–water partition coefficient (Wildman–Crippen LogP) is 3.52. The lowest BCUT2D eigenvalue weighted by Crippen LogP contribution is -2.42. The molecule has 2 aromatic rings. The Labute approximate surface area is 187 Å². The van der Waals surface area contributed by atoms with E-state index >= 15 is 0 Å². The van der Waals surface area contributed by atoms with Crippen LogP contribution in [0.4, 0.5) is 23.7 Å². The molecule has 8 nitrogen and oxygen atoms in total. The number of rotatable bonds is 7. The van der Waals surface area contributed by atoms with E-state index in [-0.39, 0.29) is 18.0 Å². The summed E-state index contributed by atoms with van der Waals surface area (Å²) in [5.74, 6) is -0.958. The third-order valence-corrected chi connectivity index (χ3v) is 5.12. The van der Waals surface area contributed by atoms with Crippen LogP contribution in [0.3, 0.4) is 0 Å². The molecule has 1 aliphatic rings. The maximum atomic E-state index is 13.1. The van der Waals surface area contributed by atoms with Crippen molar-refractivity contribution >= 4 is 23.5 Å². The second-order valence-corrected chi connectivity index (χ2v) is 7.36. The lowest BCUT2D eigenvalue weighted by atomic mass is 9.92. The number of ether oxygens (including phenoxy) is 2. The number of alkyl halides is 3. The summed E-state index contributed by atoms with van der Waals surface area (Å²) in [6.45, 7) is 2.59. The monoisotopic (exact) mass is 465 g/mol. The summed E-state index contributed by atoms with van der Waals surface area (Å²) in [7, 11) is 1.49. The van der Waals surface area contributed by atoms with Gasteiger partial charge in [0, 0.05) is 0 Å². The first kappa shape index (κ1) is 23.9. The van der Waals surface area contributed by atoms with E-state index < -0.39 is 41.7 Å². The van der Waals surface area contributed by atoms with Gasteiger partial charge in [0.25, 0.3) is 5.91 Å². The second kappa shape index (κ2) is 9.00. The van der Waals surface area contributed by atoms with Crippen LogP contribution < -0.4 is 20.1 Å². The Morgan fingerprint density at radius 2 is 1.82 bits per heavy atom. The molecule has 0 bridgehead atoms. The number of hydrogen-bond acceptors (Lipinski definition) is 5. The molecule has 1 heterocycles. The molecule has 176 valence electrons. The zero-order chi connectivity index (χ0) is 24.4. The van der Waals surface area contributed by atoms with E-state index in [4.69, 9.17) is 9.47 Å². The number of methoxy groups -OCH3 is 1. The van der Waals surface area contributed by atoms with Crippen molar-refractivity contribution in [2.24, 2.45) is 0 Å². The van der Waals surface area contributed by atoms with Gasteiger partial charge in [0.15, 0.2) is 0 Å². The molecule has 0 spiro atoms. The minimum atomic E-state index is -4.63. The third-order valence-electron chi connectivity index (χ3n) is 5.12. The number of carbonyl (C=O) groups is 3. The zero-order valence-electron chi connectivity index (χ0n) is 18.1. The molecule has 1 saturated heterocycles. The minimum Gasteiger partial charge on any atom is -0.497 e. The number of urea groups is 1. The molecule has 0 aliphatic carbocycles. The first-order valence-corrected chi connectivity index (χ1v) is 9.92. The van der Waals surface area contributed by atoms with Gasteiger partial charge in [-0.15, -0.1) is 0 Å². The molecule has 1 atom stereocenters. The van der Waals surface area contributed by atoms with Crippen molar-refractivity contribution in [2.75, 3.05) is 25.6 Å². The van der Waals surface area contributed by atoms with Crippen molar-refractivity contribution in [2.45, 2.75) is 25.6 Å². The lowest BCUT2D eigenvalue weighted by Gasteiger charge is -2.22. The highest BCUT2D eigenvalue weighted by Gasteiger charge is 2.49. The fourth-order valence-electron chi connectivity index (χ4n) is 3.38. The van der Waals surface area contributed by atoms with Crippen LogP contribution in [-0.4, -0.2) is 43.0 Å². The summed E-state index contributed by atoms with van der Waals surface area (Å²) in [5.41, 5.74) is -2.15. The summed E-state index contributed by atoms with van der Waals surface area (Å²) in [4.78, 5) is 38.7. The number of hydrogen-bond donors (Lipinski definition) is 2. The predicted molar refractivity (Wildman–Crippen MR) is 112 cm³/mol. The van der Waals surface area contributed by atoms with Crippen molar-refractivity contribution < 1.29 is 37.0 Å². The first-order chi connectivity index (χ1) is 15.5. The normalized spacial score (nSPS) is 18.2. The Balaban J connectivity index is 1.79. The van der Waals surface area contributed by atoms with Crippen molar-refractivity contribution in [1.82, 2.24) is 10.2 Å². The van der Waals surface area contributed by atoms with Crippen LogP contribution in [0.2, 0.25) is 0 Å². The van der Waals surface area contributed by atoms with Crippen molar-refractivity contribution in [1.29, 1.82) is 0 Å². The highest BCUT2D eigenvalue weighted by atomic mass is 19.4. The molecule has 1 fully saturated rings. The van der Waals surface area contributed by atoms with Crippen molar-refractivity contribution in [3.8, 4) is 11.5 Å². The van der Waals surface area contributed by atoms with Crippen LogP contribution in [0, 0.1) is 0 Å². The maximum absolute atomic E-state index is 13.1. The molecule has 1 unspecified atom stereocenters. The number of nitrogens with one attached hydrogen (secondary N) is 2. The van der Waals surface area contributed by atoms with Crippen LogP contribution in [-0.2, 0) is 21.3 Å². The Morgan fingerprint density at radius 3 is 2.39 bits per heavy atom. The second-order valence-electron chi connectivity index (χ2n) is 7.36. The van der Waals surface area contributed by atoms with Crippen LogP contribution in [0.15, 0.2) is 42.5 Å². The average molecular weight is 465 g/mol. The molecule has 0 radical (unpaired) electrons. The molecule has 2 N–H and O–H groups in total. The van der Waals surface area contributed by atoms with Gasteiger partial charge in [-0.1, -0.05) is 12.1 Å². The Bertz CT molecular complexity index is 1070. The van der Waals surface area contributed by atoms with E-state index in [0.29, 0.717) is 16.2 Å². The van der Waals surface area contributed by atoms with E-state index in [2.05, 4.69) is 10.6 Å². The Kier molecular flexibility index (Phi) is 6.52. The fraction of sp³-hybridized carbons (Fsp3) is 0.318. The largest absolute Gasteiger partial charge is 0.497 e. The molecular weight excluding hydrogens is 443 g/mol. The van der Waals surface area contributed by atoms with Crippen LogP contribution in [0.5, 0.6) is 11.5 Å². The van der Waals surface area contributed by atoms with Gasteiger partial charge in [0.2, 0.25) is 5.91 Å². The van der Waals surface area contributed by atoms with Gasteiger partial charge in [-0.25, -0.2) is 4.79 Å². The number of carbonyl (C=O) groups excluding carboxylic acids is 3. The number of anilines is 1. The molecule has 4 amide bonds. The summed E-state index contributed by atoms with van der Waals surface area (Å²) in [6.07, 6.45) is -4.63. The number of nitrogens with zero attached hydrogens (tertiary/aromatic N) is 1. The Morgan fingerprint density at radius 1 is 1.15 bits per heavy atom. The molecule has 0 aromatic heterocycles. The summed E-state index contributed by atoms with van der Waals surface area (Å²) >= 11 is 0. The molecule has 0 saturated carbocycles. The molecule has 11 heteroatoms. The van der Waals surface area contributed by atoms with E-state index in [1.165, 1.54) is 14.0 Å². The number of benzene rings is 2. The van der Waals surface area contributed by atoms with E-state index in [1.807, 2.05) is 0 Å². The summed E-state index contributed by atoms with van der Waals surface area (Å²) in [5, 5.41) is 4.86. The molecule has 2 aromatic carbocycles. The van der Waals surface area contributed by atoms with Gasteiger partial charge in [0.1, 0.15) is 23.6 Å². The third kappa shape index (κ3) is 4.86. The standard InChI is InChI=1S/C22H22F3N3O5/c1-4-33-17-10-7-14(22(23,24)25)11-16(17)26-18(29)12-28-19(30)21(2,27-20(28)31)13-5-8-15(32-3)9-6-13/h5-11H,4,12H2,1-3H3,(H,26,29)(H,27,31). The van der Waals surface area contributed by atoms with Gasteiger partial charge >= 0.3 is 12.2 Å². The van der Waals surface area contributed by atoms with Gasteiger partial charge in [-0.2, -0.15) is 13.2 Å². The van der Waals surface area contributed by atoms with E-state index in [1.54, 1.807) is 31.2 Å². The number of halogens is 3. The highest BCUT2D eigenvalue weighted by Crippen LogP contribution is 2.35. The molecule has 1 aliphatic heterocycles. The van der Waals surface area contributed by atoms with Gasteiger partial charge in [-0.3, -0.25) is 14.5 Å². The first-order valence-electron chi connectivity index (χ1n) is 9.92. The topological polar surface area (TPSA) is 97.0 Å². The lowest BCUT2D eigenvalue weighted by molar-refractivity contribution is -0.137. The summed E-state index contributed by atoms with van der Waals surface area (Å²) < 4.78 is 49.6. The highest BCUT2D eigenvalue weighted by molar-refractivity contribution is 6.10. The van der Waals surface area contributed by atoms with Crippen molar-refractivity contribution in [3.63, 3.8) is 0 Å². The SMILES string of the molecule is CCOc1ccc(C(F)(F)F)cc1NC(=O)CN1C(=O)NC(C)(c2ccc(OC)cc2)C1=O. The smallest absolute Gasteiger partial charge is 0.416 e. The number of imide groups is 1. The quantitative estimate of drug-likeness (QED) is 0.610. The molecule has 33 heavy (non-hydrogen) atoms. The number of amides is 4. The fourth-order valence-corrected chi connectivity index (χ4v) is 3.38. The van der Waals surface area contributed by atoms with E-state index in [9.17, 15) is 27.6 Å². The Hall–Kier alpha value is -3.76. The summed E-state index contributed by atoms with van der Waals surface area (Å²) in [6, 6.07) is 8.32. The molecular formula is C22H22F3N3O5. The van der Waals surface area contributed by atoms with Crippen LogP contribution in [0.1, 0.15) is 25.0 Å².